The van der Waals surface area contributed by atoms with Crippen molar-refractivity contribution in [3.8, 4) is 5.75 Å². The van der Waals surface area contributed by atoms with E-state index in [9.17, 15) is 9.59 Å². The summed E-state index contributed by atoms with van der Waals surface area (Å²) in [4.78, 5) is 22.0. The lowest BCUT2D eigenvalue weighted by molar-refractivity contribution is -0.137. The fraction of sp³-hybridized carbons (Fsp3) is 0.333. The number of amides is 1. The van der Waals surface area contributed by atoms with Crippen LogP contribution in [0, 0.1) is 0 Å². The van der Waals surface area contributed by atoms with Gasteiger partial charge in [0, 0.05) is 12.1 Å². The summed E-state index contributed by atoms with van der Waals surface area (Å²) >= 11 is 0. The fourth-order valence-corrected chi connectivity index (χ4v) is 1.62. The molecule has 0 aliphatic carbocycles. The van der Waals surface area contributed by atoms with Crippen LogP contribution in [0.1, 0.15) is 25.8 Å². The standard InChI is InChI=1S/C15H19NO4/c1-3-20-13-7-4-12(5-8-13)6-9-14(17)16-11(2)10-15(18)19/h4-9,11H,3,10H2,1-2H3,(H,16,17)(H,18,19)/b9-6+. The summed E-state index contributed by atoms with van der Waals surface area (Å²) in [7, 11) is 0. The first-order chi connectivity index (χ1) is 9.51. The molecule has 0 heterocycles. The predicted octanol–water partition coefficient (Wildman–Crippen LogP) is 2.08. The third-order valence-corrected chi connectivity index (χ3v) is 2.49. The molecule has 0 aromatic heterocycles. The van der Waals surface area contributed by atoms with Crippen molar-refractivity contribution in [1.29, 1.82) is 0 Å². The number of aliphatic carboxylic acids is 1. The van der Waals surface area contributed by atoms with E-state index in [1.807, 2.05) is 31.2 Å². The summed E-state index contributed by atoms with van der Waals surface area (Å²) in [6.45, 7) is 4.17. The van der Waals surface area contributed by atoms with Gasteiger partial charge in [0.15, 0.2) is 0 Å². The van der Waals surface area contributed by atoms with Gasteiger partial charge in [0.25, 0.3) is 0 Å². The molecule has 0 spiro atoms. The van der Waals surface area contributed by atoms with Gasteiger partial charge >= 0.3 is 5.97 Å². The molecule has 0 radical (unpaired) electrons. The lowest BCUT2D eigenvalue weighted by atomic mass is 10.2. The highest BCUT2D eigenvalue weighted by molar-refractivity contribution is 5.92. The van der Waals surface area contributed by atoms with Crippen LogP contribution in [0.15, 0.2) is 30.3 Å². The molecule has 1 amide bonds. The molecule has 0 aliphatic heterocycles. The van der Waals surface area contributed by atoms with Crippen LogP contribution in [0.5, 0.6) is 5.75 Å². The van der Waals surface area contributed by atoms with Crippen LogP contribution in [0.2, 0.25) is 0 Å². The predicted molar refractivity (Wildman–Crippen MR) is 76.5 cm³/mol. The fourth-order valence-electron chi connectivity index (χ4n) is 1.62. The van der Waals surface area contributed by atoms with E-state index in [-0.39, 0.29) is 12.3 Å². The lowest BCUT2D eigenvalue weighted by Gasteiger charge is -2.08. The summed E-state index contributed by atoms with van der Waals surface area (Å²) in [6, 6.07) is 6.94. The second kappa shape index (κ2) is 7.99. The first-order valence-corrected chi connectivity index (χ1v) is 6.44. The molecule has 0 bridgehead atoms. The van der Waals surface area contributed by atoms with E-state index in [0.29, 0.717) is 6.61 Å². The number of rotatable bonds is 7. The van der Waals surface area contributed by atoms with Crippen molar-refractivity contribution in [1.82, 2.24) is 5.32 Å². The number of benzene rings is 1. The van der Waals surface area contributed by atoms with Crippen LogP contribution in [0.3, 0.4) is 0 Å². The lowest BCUT2D eigenvalue weighted by Crippen LogP contribution is -2.32. The largest absolute Gasteiger partial charge is 0.494 e. The topological polar surface area (TPSA) is 75.6 Å². The normalized spacial score (nSPS) is 12.1. The number of carboxylic acids is 1. The molecule has 1 unspecified atom stereocenters. The maximum atomic E-state index is 11.6. The Balaban J connectivity index is 2.50. The molecule has 20 heavy (non-hydrogen) atoms. The monoisotopic (exact) mass is 277 g/mol. The van der Waals surface area contributed by atoms with Crippen molar-refractivity contribution in [2.45, 2.75) is 26.3 Å². The van der Waals surface area contributed by atoms with Gasteiger partial charge in [-0.1, -0.05) is 12.1 Å². The van der Waals surface area contributed by atoms with Crippen molar-refractivity contribution >= 4 is 18.0 Å². The Morgan fingerprint density at radius 1 is 1.35 bits per heavy atom. The van der Waals surface area contributed by atoms with Crippen molar-refractivity contribution < 1.29 is 19.4 Å². The van der Waals surface area contributed by atoms with Crippen LogP contribution >= 0.6 is 0 Å². The number of carboxylic acid groups (broad SMARTS) is 1. The zero-order chi connectivity index (χ0) is 15.0. The van der Waals surface area contributed by atoms with Gasteiger partial charge in [-0.15, -0.1) is 0 Å². The van der Waals surface area contributed by atoms with Crippen LogP contribution < -0.4 is 10.1 Å². The zero-order valence-electron chi connectivity index (χ0n) is 11.6. The maximum absolute atomic E-state index is 11.6. The second-order valence-electron chi connectivity index (χ2n) is 4.34. The summed E-state index contributed by atoms with van der Waals surface area (Å²) in [6.07, 6.45) is 2.95. The van der Waals surface area contributed by atoms with Gasteiger partial charge in [-0.3, -0.25) is 9.59 Å². The minimum absolute atomic E-state index is 0.0946. The van der Waals surface area contributed by atoms with E-state index in [1.54, 1.807) is 13.0 Å². The molecule has 5 nitrogen and oxygen atoms in total. The summed E-state index contributed by atoms with van der Waals surface area (Å²) in [5, 5.41) is 11.2. The molecule has 1 atom stereocenters. The van der Waals surface area contributed by atoms with E-state index in [4.69, 9.17) is 9.84 Å². The third kappa shape index (κ3) is 6.04. The smallest absolute Gasteiger partial charge is 0.305 e. The second-order valence-corrected chi connectivity index (χ2v) is 4.34. The van der Waals surface area contributed by atoms with Crippen molar-refractivity contribution in [3.63, 3.8) is 0 Å². The van der Waals surface area contributed by atoms with Gasteiger partial charge in [0.2, 0.25) is 5.91 Å². The highest BCUT2D eigenvalue weighted by Crippen LogP contribution is 2.12. The van der Waals surface area contributed by atoms with Gasteiger partial charge in [-0.25, -0.2) is 0 Å². The third-order valence-electron chi connectivity index (χ3n) is 2.49. The molecule has 2 N–H and O–H groups in total. The van der Waals surface area contributed by atoms with E-state index in [0.717, 1.165) is 11.3 Å². The highest BCUT2D eigenvalue weighted by Gasteiger charge is 2.08. The molecule has 1 aromatic carbocycles. The van der Waals surface area contributed by atoms with Gasteiger partial charge < -0.3 is 15.2 Å². The first-order valence-electron chi connectivity index (χ1n) is 6.44. The average Bonchev–Trinajstić information content (AvgIpc) is 2.37. The molecule has 0 aliphatic rings. The Hall–Kier alpha value is -2.30. The summed E-state index contributed by atoms with van der Waals surface area (Å²) in [5.41, 5.74) is 0.870. The number of hydrogen-bond acceptors (Lipinski definition) is 3. The van der Waals surface area contributed by atoms with Crippen molar-refractivity contribution in [2.75, 3.05) is 6.61 Å². The number of ether oxygens (including phenoxy) is 1. The Morgan fingerprint density at radius 3 is 2.55 bits per heavy atom. The van der Waals surface area contributed by atoms with Crippen LogP contribution in [-0.2, 0) is 9.59 Å². The van der Waals surface area contributed by atoms with E-state index < -0.39 is 12.0 Å². The maximum Gasteiger partial charge on any atom is 0.305 e. The van der Waals surface area contributed by atoms with Gasteiger partial charge in [-0.2, -0.15) is 0 Å². The number of carbonyl (C=O) groups excluding carboxylic acids is 1. The number of hydrogen-bond donors (Lipinski definition) is 2. The number of carbonyl (C=O) groups is 2. The minimum Gasteiger partial charge on any atom is -0.494 e. The Morgan fingerprint density at radius 2 is 2.00 bits per heavy atom. The van der Waals surface area contributed by atoms with Gasteiger partial charge in [0.1, 0.15) is 5.75 Å². The molecular formula is C15H19NO4. The summed E-state index contributed by atoms with van der Waals surface area (Å²) < 4.78 is 5.32. The van der Waals surface area contributed by atoms with E-state index >= 15 is 0 Å². The minimum atomic E-state index is -0.937. The zero-order valence-corrected chi connectivity index (χ0v) is 11.6. The number of nitrogens with one attached hydrogen (secondary N) is 1. The molecule has 0 fully saturated rings. The molecule has 1 rings (SSSR count). The molecule has 108 valence electrons. The Kier molecular flexibility index (Phi) is 6.29. The van der Waals surface area contributed by atoms with Crippen LogP contribution in [-0.4, -0.2) is 29.6 Å². The van der Waals surface area contributed by atoms with Gasteiger partial charge in [0.05, 0.1) is 13.0 Å². The molecule has 0 saturated carbocycles. The van der Waals surface area contributed by atoms with Crippen molar-refractivity contribution in [2.24, 2.45) is 0 Å². The van der Waals surface area contributed by atoms with Crippen molar-refractivity contribution in [3.05, 3.63) is 35.9 Å². The SMILES string of the molecule is CCOc1ccc(/C=C/C(=O)NC(C)CC(=O)O)cc1. The Bertz CT molecular complexity index is 479. The summed E-state index contributed by atoms with van der Waals surface area (Å²) in [5.74, 6) is -0.467. The molecule has 1 aromatic rings. The van der Waals surface area contributed by atoms with Crippen LogP contribution in [0.4, 0.5) is 0 Å². The molecular weight excluding hydrogens is 258 g/mol. The van der Waals surface area contributed by atoms with E-state index in [1.165, 1.54) is 6.08 Å². The quantitative estimate of drug-likeness (QED) is 0.748. The van der Waals surface area contributed by atoms with Crippen LogP contribution in [0.25, 0.3) is 6.08 Å². The van der Waals surface area contributed by atoms with Gasteiger partial charge in [-0.05, 0) is 37.6 Å². The Labute approximate surface area is 118 Å². The average molecular weight is 277 g/mol. The first kappa shape index (κ1) is 15.8. The van der Waals surface area contributed by atoms with E-state index in [2.05, 4.69) is 5.32 Å². The molecule has 5 heteroatoms. The molecule has 0 saturated heterocycles. The highest BCUT2D eigenvalue weighted by atomic mass is 16.5.